The number of rotatable bonds is 1. The molecule has 1 saturated heterocycles. The van der Waals surface area contributed by atoms with E-state index in [0.717, 1.165) is 0 Å². The Morgan fingerprint density at radius 2 is 1.85 bits per heavy atom. The van der Waals surface area contributed by atoms with Crippen molar-refractivity contribution in [1.82, 2.24) is 5.32 Å². The van der Waals surface area contributed by atoms with Crippen LogP contribution in [0.15, 0.2) is 0 Å². The molecule has 3 heteroatoms. The summed E-state index contributed by atoms with van der Waals surface area (Å²) in [6, 6.07) is 0. The minimum atomic E-state index is -0.545. The standard InChI is InChI=1S/C10H17NO2/c12-7-5-11-10(3-4-10)8(9(7)13)6-1-2-6/h6-9,11-13H,1-5H2. The van der Waals surface area contributed by atoms with Crippen molar-refractivity contribution in [3.05, 3.63) is 0 Å². The van der Waals surface area contributed by atoms with Crippen LogP contribution in [-0.2, 0) is 0 Å². The number of hydrogen-bond donors (Lipinski definition) is 3. The summed E-state index contributed by atoms with van der Waals surface area (Å²) in [5, 5.41) is 22.9. The van der Waals surface area contributed by atoms with Gasteiger partial charge in [-0.25, -0.2) is 0 Å². The molecule has 3 N–H and O–H groups in total. The van der Waals surface area contributed by atoms with Gasteiger partial charge in [0.05, 0.1) is 12.2 Å². The normalized spacial score (nSPS) is 48.0. The van der Waals surface area contributed by atoms with Gasteiger partial charge < -0.3 is 15.5 Å². The molecule has 2 aliphatic carbocycles. The minimum absolute atomic E-state index is 0.222. The average molecular weight is 183 g/mol. The molecule has 0 aromatic heterocycles. The molecule has 13 heavy (non-hydrogen) atoms. The van der Waals surface area contributed by atoms with Gasteiger partial charge in [0.2, 0.25) is 0 Å². The van der Waals surface area contributed by atoms with Gasteiger partial charge in [-0.3, -0.25) is 0 Å². The van der Waals surface area contributed by atoms with E-state index in [4.69, 9.17) is 0 Å². The van der Waals surface area contributed by atoms with Crippen molar-refractivity contribution in [3.63, 3.8) is 0 Å². The summed E-state index contributed by atoms with van der Waals surface area (Å²) in [7, 11) is 0. The highest BCUT2D eigenvalue weighted by Gasteiger charge is 2.59. The van der Waals surface area contributed by atoms with Crippen LogP contribution in [0, 0.1) is 11.8 Å². The fourth-order valence-corrected chi connectivity index (χ4v) is 2.94. The van der Waals surface area contributed by atoms with E-state index in [0.29, 0.717) is 18.4 Å². The van der Waals surface area contributed by atoms with Crippen LogP contribution in [-0.4, -0.2) is 34.5 Å². The summed E-state index contributed by atoms with van der Waals surface area (Å²) in [5.41, 5.74) is 0.222. The van der Waals surface area contributed by atoms with Gasteiger partial charge in [-0.15, -0.1) is 0 Å². The number of β-amino-alcohol motifs (C(OH)–C–C–N with tert-alkyl or cyclic N) is 1. The highest BCUT2D eigenvalue weighted by atomic mass is 16.3. The Bertz CT molecular complexity index is 223. The topological polar surface area (TPSA) is 52.5 Å². The lowest BCUT2D eigenvalue weighted by molar-refractivity contribution is -0.0642. The molecule has 3 nitrogen and oxygen atoms in total. The molecule has 3 atom stereocenters. The Hall–Kier alpha value is -0.120. The summed E-state index contributed by atoms with van der Waals surface area (Å²) in [6.07, 6.45) is 3.86. The van der Waals surface area contributed by atoms with Crippen molar-refractivity contribution < 1.29 is 10.2 Å². The van der Waals surface area contributed by atoms with E-state index in [1.165, 1.54) is 25.7 Å². The van der Waals surface area contributed by atoms with Crippen molar-refractivity contribution in [2.24, 2.45) is 11.8 Å². The molecule has 3 rings (SSSR count). The molecule has 0 radical (unpaired) electrons. The van der Waals surface area contributed by atoms with Crippen LogP contribution in [0.4, 0.5) is 0 Å². The van der Waals surface area contributed by atoms with Crippen LogP contribution >= 0.6 is 0 Å². The Kier molecular flexibility index (Phi) is 1.56. The van der Waals surface area contributed by atoms with Crippen LogP contribution in [0.3, 0.4) is 0 Å². The summed E-state index contributed by atoms with van der Waals surface area (Å²) in [5.74, 6) is 1.01. The third kappa shape index (κ3) is 1.14. The monoisotopic (exact) mass is 183 g/mol. The molecule has 0 amide bonds. The van der Waals surface area contributed by atoms with E-state index >= 15 is 0 Å². The molecule has 0 bridgehead atoms. The van der Waals surface area contributed by atoms with Crippen molar-refractivity contribution in [2.75, 3.05) is 6.54 Å². The minimum Gasteiger partial charge on any atom is -0.390 e. The number of piperidine rings is 1. The van der Waals surface area contributed by atoms with Crippen LogP contribution in [0.5, 0.6) is 0 Å². The largest absolute Gasteiger partial charge is 0.390 e. The van der Waals surface area contributed by atoms with Crippen LogP contribution in [0.2, 0.25) is 0 Å². The van der Waals surface area contributed by atoms with Crippen molar-refractivity contribution in [2.45, 2.75) is 43.4 Å². The Morgan fingerprint density at radius 1 is 1.15 bits per heavy atom. The Morgan fingerprint density at radius 3 is 2.38 bits per heavy atom. The van der Waals surface area contributed by atoms with Gasteiger partial charge in [-0.1, -0.05) is 0 Å². The maximum absolute atomic E-state index is 9.93. The zero-order chi connectivity index (χ0) is 9.05. The predicted octanol–water partition coefficient (Wildman–Crippen LogP) is -0.130. The van der Waals surface area contributed by atoms with Gasteiger partial charge in [-0.2, -0.15) is 0 Å². The van der Waals surface area contributed by atoms with Gasteiger partial charge in [0.25, 0.3) is 0 Å². The lowest BCUT2D eigenvalue weighted by Crippen LogP contribution is -2.58. The molecule has 2 saturated carbocycles. The molecule has 0 aromatic carbocycles. The van der Waals surface area contributed by atoms with E-state index < -0.39 is 12.2 Å². The first kappa shape index (κ1) is 8.21. The Labute approximate surface area is 78.1 Å². The maximum atomic E-state index is 9.93. The van der Waals surface area contributed by atoms with Crippen LogP contribution in [0.1, 0.15) is 25.7 Å². The van der Waals surface area contributed by atoms with E-state index in [2.05, 4.69) is 5.32 Å². The van der Waals surface area contributed by atoms with Crippen molar-refractivity contribution >= 4 is 0 Å². The SMILES string of the molecule is OC1CNC2(CC2)C(C2CC2)C1O. The van der Waals surface area contributed by atoms with E-state index in [9.17, 15) is 10.2 Å². The fourth-order valence-electron chi connectivity index (χ4n) is 2.94. The molecule has 3 unspecified atom stereocenters. The van der Waals surface area contributed by atoms with E-state index in [1.54, 1.807) is 0 Å². The lowest BCUT2D eigenvalue weighted by Gasteiger charge is -2.40. The first-order valence-corrected chi connectivity index (χ1v) is 5.34. The lowest BCUT2D eigenvalue weighted by atomic mass is 9.81. The predicted molar refractivity (Wildman–Crippen MR) is 48.2 cm³/mol. The second kappa shape index (κ2) is 2.47. The smallest absolute Gasteiger partial charge is 0.0926 e. The molecule has 1 heterocycles. The van der Waals surface area contributed by atoms with E-state index in [1.807, 2.05) is 0 Å². The van der Waals surface area contributed by atoms with Gasteiger partial charge in [0.1, 0.15) is 0 Å². The number of nitrogens with one attached hydrogen (secondary N) is 1. The van der Waals surface area contributed by atoms with Gasteiger partial charge in [-0.05, 0) is 31.6 Å². The molecular weight excluding hydrogens is 166 g/mol. The summed E-state index contributed by atoms with van der Waals surface area (Å²) in [6.45, 7) is 0.574. The highest BCUT2D eigenvalue weighted by Crippen LogP contribution is 2.55. The highest BCUT2D eigenvalue weighted by molar-refractivity contribution is 5.16. The van der Waals surface area contributed by atoms with E-state index in [-0.39, 0.29) is 5.54 Å². The first-order chi connectivity index (χ1) is 6.23. The van der Waals surface area contributed by atoms with Crippen molar-refractivity contribution in [1.29, 1.82) is 0 Å². The number of aliphatic hydroxyl groups is 2. The van der Waals surface area contributed by atoms with Crippen LogP contribution < -0.4 is 5.32 Å². The first-order valence-electron chi connectivity index (χ1n) is 5.34. The van der Waals surface area contributed by atoms with Crippen molar-refractivity contribution in [3.8, 4) is 0 Å². The average Bonchev–Trinajstić information content (AvgIpc) is 2.94. The van der Waals surface area contributed by atoms with Crippen LogP contribution in [0.25, 0.3) is 0 Å². The fraction of sp³-hybridized carbons (Fsp3) is 1.00. The zero-order valence-electron chi connectivity index (χ0n) is 7.74. The second-order valence-electron chi connectivity index (χ2n) is 4.96. The summed E-state index contributed by atoms with van der Waals surface area (Å²) < 4.78 is 0. The third-order valence-electron chi connectivity index (χ3n) is 3.98. The van der Waals surface area contributed by atoms with Gasteiger partial charge >= 0.3 is 0 Å². The Balaban J connectivity index is 1.83. The molecule has 3 aliphatic rings. The summed E-state index contributed by atoms with van der Waals surface area (Å²) >= 11 is 0. The summed E-state index contributed by atoms with van der Waals surface area (Å²) in [4.78, 5) is 0. The second-order valence-corrected chi connectivity index (χ2v) is 4.96. The molecule has 1 spiro atoms. The van der Waals surface area contributed by atoms with Gasteiger partial charge in [0.15, 0.2) is 0 Å². The number of hydrogen-bond acceptors (Lipinski definition) is 3. The molecule has 0 aromatic rings. The molecule has 3 fully saturated rings. The molecule has 1 aliphatic heterocycles. The quantitative estimate of drug-likeness (QED) is 0.531. The third-order valence-corrected chi connectivity index (χ3v) is 3.98. The maximum Gasteiger partial charge on any atom is 0.0926 e. The van der Waals surface area contributed by atoms with Gasteiger partial charge in [0, 0.05) is 18.0 Å². The molecule has 74 valence electrons. The molecular formula is C10H17NO2. The number of aliphatic hydroxyl groups excluding tert-OH is 2. The zero-order valence-corrected chi connectivity index (χ0v) is 7.74.